The van der Waals surface area contributed by atoms with Crippen LogP contribution in [0.5, 0.6) is 5.75 Å². The van der Waals surface area contributed by atoms with E-state index < -0.39 is 0 Å². The van der Waals surface area contributed by atoms with Gasteiger partial charge in [-0.2, -0.15) is 0 Å². The van der Waals surface area contributed by atoms with Crippen LogP contribution in [0.3, 0.4) is 0 Å². The Hall–Kier alpha value is -2.37. The lowest BCUT2D eigenvalue weighted by atomic mass is 9.96. The molecule has 5 nitrogen and oxygen atoms in total. The Morgan fingerprint density at radius 3 is 2.52 bits per heavy atom. The maximum Gasteiger partial charge on any atom is 0.227 e. The van der Waals surface area contributed by atoms with Crippen LogP contribution in [0.1, 0.15) is 30.5 Å². The average Bonchev–Trinajstić information content (AvgIpc) is 2.72. The molecule has 0 unspecified atom stereocenters. The number of rotatable bonds is 5. The van der Waals surface area contributed by atoms with E-state index in [1.165, 1.54) is 11.1 Å². The van der Waals surface area contributed by atoms with E-state index in [0.29, 0.717) is 13.2 Å². The highest BCUT2D eigenvalue weighted by molar-refractivity contribution is 5.79. The van der Waals surface area contributed by atoms with E-state index in [-0.39, 0.29) is 24.0 Å². The van der Waals surface area contributed by atoms with Crippen molar-refractivity contribution in [1.82, 2.24) is 10.2 Å². The molecule has 2 aromatic rings. The quantitative estimate of drug-likeness (QED) is 0.846. The monoisotopic (exact) mass is 394 g/mol. The molecule has 0 radical (unpaired) electrons. The van der Waals surface area contributed by atoms with Gasteiger partial charge in [0, 0.05) is 26.2 Å². The third-order valence-corrected chi connectivity index (χ3v) is 5.71. The van der Waals surface area contributed by atoms with Crippen molar-refractivity contribution in [2.45, 2.75) is 45.6 Å². The van der Waals surface area contributed by atoms with Crippen LogP contribution in [-0.4, -0.2) is 42.7 Å². The molecule has 5 heteroatoms. The minimum atomic E-state index is -0.141. The van der Waals surface area contributed by atoms with Gasteiger partial charge in [0.25, 0.3) is 0 Å². The summed E-state index contributed by atoms with van der Waals surface area (Å²) < 4.78 is 11.6. The molecule has 2 heterocycles. The van der Waals surface area contributed by atoms with Crippen molar-refractivity contribution in [2.24, 2.45) is 5.92 Å². The van der Waals surface area contributed by atoms with Gasteiger partial charge in [-0.25, -0.2) is 0 Å². The molecule has 2 aliphatic heterocycles. The summed E-state index contributed by atoms with van der Waals surface area (Å²) in [5, 5.41) is 3.13. The molecule has 2 aliphatic rings. The van der Waals surface area contributed by atoms with E-state index in [2.05, 4.69) is 42.3 Å². The highest BCUT2D eigenvalue weighted by Gasteiger charge is 2.26. The molecule has 0 saturated carbocycles. The molecule has 0 bridgehead atoms. The third kappa shape index (κ3) is 4.98. The Balaban J connectivity index is 1.36. The maximum atomic E-state index is 12.8. The van der Waals surface area contributed by atoms with E-state index in [4.69, 9.17) is 9.47 Å². The number of amides is 1. The average molecular weight is 395 g/mol. The fraction of sp³-hybridized carbons (Fsp3) is 0.458. The number of para-hydroxylation sites is 1. The van der Waals surface area contributed by atoms with Crippen LogP contribution in [0.4, 0.5) is 0 Å². The minimum absolute atomic E-state index is 0.0583. The molecule has 4 rings (SSSR count). The molecule has 1 fully saturated rings. The molecular weight excluding hydrogens is 364 g/mol. The fourth-order valence-electron chi connectivity index (χ4n) is 4.36. The van der Waals surface area contributed by atoms with Gasteiger partial charge >= 0.3 is 0 Å². The molecule has 1 amide bonds. The lowest BCUT2D eigenvalue weighted by Crippen LogP contribution is -2.45. The molecule has 2 aromatic carbocycles. The van der Waals surface area contributed by atoms with Crippen molar-refractivity contribution < 1.29 is 14.3 Å². The van der Waals surface area contributed by atoms with Crippen LogP contribution in [0, 0.1) is 5.92 Å². The lowest BCUT2D eigenvalue weighted by Gasteiger charge is -2.35. The molecule has 0 aliphatic carbocycles. The molecule has 1 N–H and O–H groups in total. The van der Waals surface area contributed by atoms with Gasteiger partial charge in [0.1, 0.15) is 12.4 Å². The first kappa shape index (κ1) is 19.9. The highest BCUT2D eigenvalue weighted by atomic mass is 16.5. The van der Waals surface area contributed by atoms with Gasteiger partial charge in [-0.05, 0) is 43.0 Å². The summed E-state index contributed by atoms with van der Waals surface area (Å²) >= 11 is 0. The van der Waals surface area contributed by atoms with Gasteiger partial charge in [0.05, 0.1) is 18.1 Å². The summed E-state index contributed by atoms with van der Waals surface area (Å²) in [5.74, 6) is 0.816. The van der Waals surface area contributed by atoms with Crippen molar-refractivity contribution in [3.8, 4) is 5.75 Å². The number of nitrogens with one attached hydrogen (secondary N) is 1. The van der Waals surface area contributed by atoms with Crippen LogP contribution in [0.15, 0.2) is 48.5 Å². The van der Waals surface area contributed by atoms with Crippen LogP contribution >= 0.6 is 0 Å². The van der Waals surface area contributed by atoms with Crippen LogP contribution < -0.4 is 10.1 Å². The minimum Gasteiger partial charge on any atom is -0.492 e. The molecule has 29 heavy (non-hydrogen) atoms. The van der Waals surface area contributed by atoms with Crippen molar-refractivity contribution in [2.75, 3.05) is 19.7 Å². The number of carbonyl (C=O) groups is 1. The Labute approximate surface area is 173 Å². The van der Waals surface area contributed by atoms with Crippen LogP contribution in [-0.2, 0) is 29.0 Å². The van der Waals surface area contributed by atoms with Crippen molar-refractivity contribution in [3.05, 3.63) is 65.2 Å². The SMILES string of the molecule is C[C@@H]1CN(Cc2ccccc2CNC(=O)[C@@H]2COc3ccccc3C2)C[C@@H](C)O1. The normalized spacial score (nSPS) is 24.4. The first-order valence-corrected chi connectivity index (χ1v) is 10.5. The summed E-state index contributed by atoms with van der Waals surface area (Å²) in [6.45, 7) is 7.98. The van der Waals surface area contributed by atoms with Gasteiger partial charge in [-0.1, -0.05) is 42.5 Å². The number of hydrogen-bond acceptors (Lipinski definition) is 4. The fourth-order valence-corrected chi connectivity index (χ4v) is 4.36. The van der Waals surface area contributed by atoms with Gasteiger partial charge in [0.15, 0.2) is 0 Å². The molecular formula is C24H30N2O3. The van der Waals surface area contributed by atoms with E-state index in [1.807, 2.05) is 30.3 Å². The van der Waals surface area contributed by atoms with E-state index in [0.717, 1.165) is 37.4 Å². The standard InChI is InChI=1S/C24H30N2O3/c1-17-13-26(14-18(2)29-17)15-21-9-4-3-8-20(21)12-25-24(27)22-11-19-7-5-6-10-23(19)28-16-22/h3-10,17-18,22H,11-16H2,1-2H3,(H,25,27)/t17-,18-,22+/m1/s1. The summed E-state index contributed by atoms with van der Waals surface area (Å²) in [4.78, 5) is 15.2. The zero-order valence-electron chi connectivity index (χ0n) is 17.3. The van der Waals surface area contributed by atoms with E-state index >= 15 is 0 Å². The Morgan fingerprint density at radius 1 is 1.03 bits per heavy atom. The zero-order chi connectivity index (χ0) is 20.2. The second kappa shape index (κ2) is 8.97. The van der Waals surface area contributed by atoms with Crippen molar-refractivity contribution >= 4 is 5.91 Å². The smallest absolute Gasteiger partial charge is 0.227 e. The first-order valence-electron chi connectivity index (χ1n) is 10.5. The predicted octanol–water partition coefficient (Wildman–Crippen LogP) is 3.16. The lowest BCUT2D eigenvalue weighted by molar-refractivity contribution is -0.126. The van der Waals surface area contributed by atoms with Gasteiger partial charge < -0.3 is 14.8 Å². The first-order chi connectivity index (χ1) is 14.1. The number of morpholine rings is 1. The number of fused-ring (bicyclic) bond motifs is 1. The number of benzene rings is 2. The largest absolute Gasteiger partial charge is 0.492 e. The number of ether oxygens (including phenoxy) is 2. The number of hydrogen-bond donors (Lipinski definition) is 1. The van der Waals surface area contributed by atoms with Crippen LogP contribution in [0.2, 0.25) is 0 Å². The molecule has 154 valence electrons. The van der Waals surface area contributed by atoms with Crippen molar-refractivity contribution in [3.63, 3.8) is 0 Å². The topological polar surface area (TPSA) is 50.8 Å². The van der Waals surface area contributed by atoms with Gasteiger partial charge in [-0.3, -0.25) is 9.69 Å². The van der Waals surface area contributed by atoms with E-state index in [1.54, 1.807) is 0 Å². The van der Waals surface area contributed by atoms with Crippen LogP contribution in [0.25, 0.3) is 0 Å². The Kier molecular flexibility index (Phi) is 6.16. The number of carbonyl (C=O) groups excluding carboxylic acids is 1. The Morgan fingerprint density at radius 2 is 1.72 bits per heavy atom. The summed E-state index contributed by atoms with van der Waals surface area (Å²) in [5.41, 5.74) is 3.54. The second-order valence-corrected chi connectivity index (χ2v) is 8.26. The van der Waals surface area contributed by atoms with Crippen molar-refractivity contribution in [1.29, 1.82) is 0 Å². The zero-order valence-corrected chi connectivity index (χ0v) is 17.3. The molecule has 0 aromatic heterocycles. The third-order valence-electron chi connectivity index (χ3n) is 5.71. The second-order valence-electron chi connectivity index (χ2n) is 8.26. The molecule has 1 saturated heterocycles. The predicted molar refractivity (Wildman–Crippen MR) is 113 cm³/mol. The van der Waals surface area contributed by atoms with Gasteiger partial charge in [-0.15, -0.1) is 0 Å². The summed E-state index contributed by atoms with van der Waals surface area (Å²) in [6, 6.07) is 16.3. The molecule has 3 atom stereocenters. The van der Waals surface area contributed by atoms with E-state index in [9.17, 15) is 4.79 Å². The Bertz CT molecular complexity index is 844. The number of nitrogens with zero attached hydrogens (tertiary/aromatic N) is 1. The summed E-state index contributed by atoms with van der Waals surface area (Å²) in [6.07, 6.45) is 1.23. The maximum absolute atomic E-state index is 12.8. The summed E-state index contributed by atoms with van der Waals surface area (Å²) in [7, 11) is 0. The molecule has 0 spiro atoms. The highest BCUT2D eigenvalue weighted by Crippen LogP contribution is 2.27. The van der Waals surface area contributed by atoms with Gasteiger partial charge in [0.2, 0.25) is 5.91 Å².